The molecule has 0 bridgehead atoms. The molecule has 19 heavy (non-hydrogen) atoms. The summed E-state index contributed by atoms with van der Waals surface area (Å²) in [5, 5.41) is 0. The van der Waals surface area contributed by atoms with Gasteiger partial charge in [-0.05, 0) is 41.3 Å². The molecule has 0 radical (unpaired) electrons. The van der Waals surface area contributed by atoms with E-state index < -0.39 is 0 Å². The second-order valence-electron chi connectivity index (χ2n) is 4.73. The number of rotatable bonds is 4. The Labute approximate surface area is 114 Å². The van der Waals surface area contributed by atoms with Crippen molar-refractivity contribution in [1.29, 1.82) is 0 Å². The van der Waals surface area contributed by atoms with E-state index >= 15 is 0 Å². The molecule has 2 rings (SSSR count). The first-order valence-electron chi connectivity index (χ1n) is 6.36. The Morgan fingerprint density at radius 2 is 1.89 bits per heavy atom. The minimum absolute atomic E-state index is 0.127. The molecule has 0 N–H and O–H groups in total. The molecule has 2 aromatic carbocycles. The molecule has 0 saturated carbocycles. The van der Waals surface area contributed by atoms with E-state index in [1.165, 1.54) is 11.1 Å². The van der Waals surface area contributed by atoms with Crippen LogP contribution in [0, 0.1) is 6.92 Å². The van der Waals surface area contributed by atoms with Gasteiger partial charge in [0.2, 0.25) is 0 Å². The summed E-state index contributed by atoms with van der Waals surface area (Å²) in [6.45, 7) is 3.97. The Hall–Kier alpha value is -2.09. The van der Waals surface area contributed by atoms with Gasteiger partial charge in [-0.15, -0.1) is 0 Å². The highest BCUT2D eigenvalue weighted by molar-refractivity contribution is 5.71. The van der Waals surface area contributed by atoms with Crippen molar-refractivity contribution in [3.05, 3.63) is 53.6 Å². The van der Waals surface area contributed by atoms with Gasteiger partial charge >= 0.3 is 0 Å². The van der Waals surface area contributed by atoms with Crippen LogP contribution >= 0.6 is 0 Å². The molecule has 1 atom stereocenters. The first-order valence-corrected chi connectivity index (χ1v) is 6.36. The number of carbonyl (C=O) groups is 1. The van der Waals surface area contributed by atoms with Crippen LogP contribution in [0.5, 0.6) is 5.75 Å². The topological polar surface area (TPSA) is 26.3 Å². The van der Waals surface area contributed by atoms with Crippen molar-refractivity contribution in [2.45, 2.75) is 19.8 Å². The lowest BCUT2D eigenvalue weighted by atomic mass is 9.94. The third-order valence-electron chi connectivity index (χ3n) is 3.35. The fourth-order valence-electron chi connectivity index (χ4n) is 2.13. The second-order valence-corrected chi connectivity index (χ2v) is 4.73. The Morgan fingerprint density at radius 3 is 2.53 bits per heavy atom. The van der Waals surface area contributed by atoms with Crippen LogP contribution in [0.25, 0.3) is 11.1 Å². The maximum absolute atomic E-state index is 11.0. The summed E-state index contributed by atoms with van der Waals surface area (Å²) in [7, 11) is 1.65. The summed E-state index contributed by atoms with van der Waals surface area (Å²) >= 11 is 0. The monoisotopic (exact) mass is 254 g/mol. The molecule has 2 aromatic rings. The lowest BCUT2D eigenvalue weighted by Crippen LogP contribution is -1.97. The number of carbonyl (C=O) groups excluding carboxylic acids is 1. The minimum atomic E-state index is -0.127. The van der Waals surface area contributed by atoms with E-state index in [0.717, 1.165) is 23.2 Å². The van der Waals surface area contributed by atoms with E-state index in [-0.39, 0.29) is 5.92 Å². The molecule has 0 amide bonds. The van der Waals surface area contributed by atoms with Crippen LogP contribution in [0.15, 0.2) is 42.5 Å². The quantitative estimate of drug-likeness (QED) is 0.772. The average molecular weight is 254 g/mol. The fourth-order valence-corrected chi connectivity index (χ4v) is 2.13. The summed E-state index contributed by atoms with van der Waals surface area (Å²) in [6.07, 6.45) is 0.955. The molecular weight excluding hydrogens is 236 g/mol. The number of aryl methyl sites for hydroxylation is 1. The first kappa shape index (κ1) is 13.3. The summed E-state index contributed by atoms with van der Waals surface area (Å²) in [5.74, 6) is 0.655. The van der Waals surface area contributed by atoms with Gasteiger partial charge in [0.25, 0.3) is 0 Å². The van der Waals surface area contributed by atoms with E-state index in [1.807, 2.05) is 31.2 Å². The number of aldehydes is 1. The van der Waals surface area contributed by atoms with Crippen LogP contribution in [0.4, 0.5) is 0 Å². The molecule has 1 unspecified atom stereocenters. The van der Waals surface area contributed by atoms with Gasteiger partial charge in [0.15, 0.2) is 0 Å². The predicted molar refractivity (Wildman–Crippen MR) is 77.6 cm³/mol. The Morgan fingerprint density at radius 1 is 1.16 bits per heavy atom. The average Bonchev–Trinajstić information content (AvgIpc) is 2.46. The maximum Gasteiger partial charge on any atom is 0.127 e. The van der Waals surface area contributed by atoms with Crippen LogP contribution in [-0.4, -0.2) is 13.4 Å². The van der Waals surface area contributed by atoms with Crippen LogP contribution in [0.1, 0.15) is 24.0 Å². The van der Waals surface area contributed by atoms with E-state index in [1.54, 1.807) is 7.11 Å². The molecule has 98 valence electrons. The van der Waals surface area contributed by atoms with Crippen molar-refractivity contribution in [2.24, 2.45) is 0 Å². The summed E-state index contributed by atoms with van der Waals surface area (Å²) < 4.78 is 5.34. The predicted octanol–water partition coefficient (Wildman–Crippen LogP) is 3.97. The van der Waals surface area contributed by atoms with Gasteiger partial charge in [-0.25, -0.2) is 0 Å². The molecule has 0 fully saturated rings. The van der Waals surface area contributed by atoms with E-state index in [2.05, 4.69) is 25.1 Å². The Bertz CT molecular complexity index is 588. The molecule has 0 aromatic heterocycles. The van der Waals surface area contributed by atoms with E-state index in [0.29, 0.717) is 0 Å². The molecule has 2 heteroatoms. The zero-order valence-electron chi connectivity index (χ0n) is 11.5. The van der Waals surface area contributed by atoms with Crippen LogP contribution in [0.2, 0.25) is 0 Å². The van der Waals surface area contributed by atoms with Crippen LogP contribution in [0.3, 0.4) is 0 Å². The zero-order valence-corrected chi connectivity index (χ0v) is 11.5. The summed E-state index contributed by atoms with van der Waals surface area (Å²) in [4.78, 5) is 11.0. The van der Waals surface area contributed by atoms with E-state index in [4.69, 9.17) is 4.74 Å². The molecular formula is C17H18O2. The van der Waals surface area contributed by atoms with Gasteiger partial charge in [-0.3, -0.25) is 0 Å². The third kappa shape index (κ3) is 2.84. The van der Waals surface area contributed by atoms with Gasteiger partial charge in [-0.1, -0.05) is 37.3 Å². The van der Waals surface area contributed by atoms with Gasteiger partial charge in [0.05, 0.1) is 7.11 Å². The number of benzene rings is 2. The zero-order chi connectivity index (χ0) is 13.8. The number of ether oxygens (including phenoxy) is 1. The fraction of sp³-hybridized carbons (Fsp3) is 0.235. The van der Waals surface area contributed by atoms with Crippen molar-refractivity contribution in [3.63, 3.8) is 0 Å². The lowest BCUT2D eigenvalue weighted by Gasteiger charge is -2.12. The maximum atomic E-state index is 11.0. The highest BCUT2D eigenvalue weighted by Crippen LogP contribution is 2.30. The minimum Gasteiger partial charge on any atom is -0.497 e. The molecule has 2 nitrogen and oxygen atoms in total. The van der Waals surface area contributed by atoms with Gasteiger partial charge in [-0.2, -0.15) is 0 Å². The number of hydrogen-bond acceptors (Lipinski definition) is 2. The molecule has 0 aliphatic heterocycles. The first-order chi connectivity index (χ1) is 9.15. The van der Waals surface area contributed by atoms with Gasteiger partial charge in [0, 0.05) is 5.92 Å². The SMILES string of the molecule is COc1cc(-c2ccccc2C)cc(C(C)C=O)c1. The Balaban J connectivity index is 2.57. The van der Waals surface area contributed by atoms with Crippen molar-refractivity contribution in [1.82, 2.24) is 0 Å². The van der Waals surface area contributed by atoms with Crippen LogP contribution in [-0.2, 0) is 4.79 Å². The molecule has 0 saturated heterocycles. The smallest absolute Gasteiger partial charge is 0.127 e. The van der Waals surface area contributed by atoms with Crippen molar-refractivity contribution in [2.75, 3.05) is 7.11 Å². The highest BCUT2D eigenvalue weighted by Gasteiger charge is 2.10. The Kier molecular flexibility index (Phi) is 4.00. The third-order valence-corrected chi connectivity index (χ3v) is 3.35. The lowest BCUT2D eigenvalue weighted by molar-refractivity contribution is -0.108. The molecule has 0 aliphatic rings. The van der Waals surface area contributed by atoms with Gasteiger partial charge < -0.3 is 9.53 Å². The largest absolute Gasteiger partial charge is 0.497 e. The van der Waals surface area contributed by atoms with Gasteiger partial charge in [0.1, 0.15) is 12.0 Å². The van der Waals surface area contributed by atoms with E-state index in [9.17, 15) is 4.79 Å². The molecule has 0 heterocycles. The van der Waals surface area contributed by atoms with Crippen LogP contribution < -0.4 is 4.74 Å². The summed E-state index contributed by atoms with van der Waals surface area (Å²) in [6, 6.07) is 14.2. The second kappa shape index (κ2) is 5.70. The van der Waals surface area contributed by atoms with Crippen molar-refractivity contribution >= 4 is 6.29 Å². The molecule has 0 aliphatic carbocycles. The number of methoxy groups -OCH3 is 1. The standard InChI is InChI=1S/C17H18O2/c1-12-6-4-5-7-17(12)15-8-14(13(2)11-18)9-16(10-15)19-3/h4-11,13H,1-3H3. The van der Waals surface area contributed by atoms with Crippen molar-refractivity contribution < 1.29 is 9.53 Å². The normalized spacial score (nSPS) is 11.9. The highest BCUT2D eigenvalue weighted by atomic mass is 16.5. The number of hydrogen-bond donors (Lipinski definition) is 0. The molecule has 0 spiro atoms. The van der Waals surface area contributed by atoms with Crippen molar-refractivity contribution in [3.8, 4) is 16.9 Å². The summed E-state index contributed by atoms with van der Waals surface area (Å²) in [5.41, 5.74) is 4.44.